The molecule has 1 rings (SSSR count). The van der Waals surface area contributed by atoms with E-state index in [9.17, 15) is 9.90 Å². The number of nitrogens with one attached hydrogen (secondary N) is 1. The lowest BCUT2D eigenvalue weighted by atomic mass is 10.1. The molecule has 2 atom stereocenters. The molecule has 0 bridgehead atoms. The maximum atomic E-state index is 11.6. The van der Waals surface area contributed by atoms with Gasteiger partial charge in [0, 0.05) is 13.6 Å². The Balaban J connectivity index is 2.46. The summed E-state index contributed by atoms with van der Waals surface area (Å²) in [7, 11) is 1.78. The minimum atomic E-state index is -0.508. The molecule has 0 spiro atoms. The second-order valence-corrected chi connectivity index (χ2v) is 3.55. The first-order valence-electron chi connectivity index (χ1n) is 4.83. The molecular formula is C9H18N2O2. The van der Waals surface area contributed by atoms with Crippen molar-refractivity contribution >= 4 is 5.91 Å². The second kappa shape index (κ2) is 4.58. The third-order valence-corrected chi connectivity index (χ3v) is 2.39. The van der Waals surface area contributed by atoms with Crippen molar-refractivity contribution in [2.24, 2.45) is 0 Å². The SMILES string of the molecule is CCCN(C)C(=O)[C@H]1NCCC1O. The Morgan fingerprint density at radius 2 is 2.38 bits per heavy atom. The van der Waals surface area contributed by atoms with E-state index < -0.39 is 6.10 Å². The second-order valence-electron chi connectivity index (χ2n) is 3.55. The van der Waals surface area contributed by atoms with Gasteiger partial charge in [-0.2, -0.15) is 0 Å². The van der Waals surface area contributed by atoms with E-state index in [0.717, 1.165) is 19.5 Å². The molecule has 1 heterocycles. The van der Waals surface area contributed by atoms with Gasteiger partial charge in [-0.1, -0.05) is 6.92 Å². The van der Waals surface area contributed by atoms with Crippen LogP contribution in [0.15, 0.2) is 0 Å². The molecular weight excluding hydrogens is 168 g/mol. The maximum Gasteiger partial charge on any atom is 0.242 e. The quantitative estimate of drug-likeness (QED) is 0.629. The van der Waals surface area contributed by atoms with E-state index in [4.69, 9.17) is 0 Å². The van der Waals surface area contributed by atoms with Crippen LogP contribution < -0.4 is 5.32 Å². The van der Waals surface area contributed by atoms with E-state index in [2.05, 4.69) is 5.32 Å². The van der Waals surface area contributed by atoms with Crippen LogP contribution >= 0.6 is 0 Å². The summed E-state index contributed by atoms with van der Waals surface area (Å²) in [5.74, 6) is 0.00634. The van der Waals surface area contributed by atoms with Crippen molar-refractivity contribution in [2.75, 3.05) is 20.1 Å². The molecule has 0 aromatic rings. The minimum absolute atomic E-state index is 0.00634. The number of likely N-dealkylation sites (N-methyl/N-ethyl adjacent to an activating group) is 1. The number of hydrogen-bond donors (Lipinski definition) is 2. The number of hydrogen-bond acceptors (Lipinski definition) is 3. The molecule has 0 aliphatic carbocycles. The molecule has 0 aromatic heterocycles. The summed E-state index contributed by atoms with van der Waals surface area (Å²) in [5.41, 5.74) is 0. The van der Waals surface area contributed by atoms with Crippen molar-refractivity contribution in [3.63, 3.8) is 0 Å². The predicted octanol–water partition coefficient (Wildman–Crippen LogP) is -0.422. The number of rotatable bonds is 3. The Bertz CT molecular complexity index is 184. The highest BCUT2D eigenvalue weighted by molar-refractivity contribution is 5.82. The summed E-state index contributed by atoms with van der Waals surface area (Å²) in [6.07, 6.45) is 1.12. The summed E-state index contributed by atoms with van der Waals surface area (Å²) < 4.78 is 0. The van der Waals surface area contributed by atoms with Gasteiger partial charge >= 0.3 is 0 Å². The highest BCUT2D eigenvalue weighted by atomic mass is 16.3. The van der Waals surface area contributed by atoms with E-state index in [1.54, 1.807) is 11.9 Å². The lowest BCUT2D eigenvalue weighted by Gasteiger charge is -2.22. The van der Waals surface area contributed by atoms with E-state index in [0.29, 0.717) is 6.42 Å². The first kappa shape index (κ1) is 10.5. The molecule has 0 saturated carbocycles. The van der Waals surface area contributed by atoms with Gasteiger partial charge in [-0.15, -0.1) is 0 Å². The van der Waals surface area contributed by atoms with Crippen molar-refractivity contribution in [3.05, 3.63) is 0 Å². The summed E-state index contributed by atoms with van der Waals surface area (Å²) in [5, 5.41) is 12.5. The van der Waals surface area contributed by atoms with E-state index in [1.165, 1.54) is 0 Å². The first-order valence-corrected chi connectivity index (χ1v) is 4.83. The number of aliphatic hydroxyl groups excluding tert-OH is 1. The summed E-state index contributed by atoms with van der Waals surface area (Å²) in [6, 6.07) is -0.378. The van der Waals surface area contributed by atoms with E-state index >= 15 is 0 Å². The number of nitrogens with zero attached hydrogens (tertiary/aromatic N) is 1. The first-order chi connectivity index (χ1) is 6.16. The van der Waals surface area contributed by atoms with Crippen LogP contribution in [-0.2, 0) is 4.79 Å². The Morgan fingerprint density at radius 1 is 1.69 bits per heavy atom. The molecule has 1 aliphatic rings. The van der Waals surface area contributed by atoms with Crippen LogP contribution in [0.25, 0.3) is 0 Å². The highest BCUT2D eigenvalue weighted by Gasteiger charge is 2.32. The summed E-state index contributed by atoms with van der Waals surface area (Å²) >= 11 is 0. The lowest BCUT2D eigenvalue weighted by molar-refractivity contribution is -0.133. The topological polar surface area (TPSA) is 52.6 Å². The van der Waals surface area contributed by atoms with Crippen molar-refractivity contribution in [2.45, 2.75) is 31.9 Å². The standard InChI is InChI=1S/C9H18N2O2/c1-3-6-11(2)9(13)8-7(12)4-5-10-8/h7-8,10,12H,3-6H2,1-2H3/t7?,8-/m0/s1. The minimum Gasteiger partial charge on any atom is -0.391 e. The molecule has 1 amide bonds. The molecule has 4 heteroatoms. The Hall–Kier alpha value is -0.610. The van der Waals surface area contributed by atoms with Crippen LogP contribution in [-0.4, -0.2) is 48.2 Å². The Morgan fingerprint density at radius 3 is 2.85 bits per heavy atom. The molecule has 1 unspecified atom stereocenters. The van der Waals surface area contributed by atoms with Gasteiger partial charge in [0.2, 0.25) is 5.91 Å². The van der Waals surface area contributed by atoms with Crippen LogP contribution in [0.4, 0.5) is 0 Å². The van der Waals surface area contributed by atoms with Crippen molar-refractivity contribution < 1.29 is 9.90 Å². The third-order valence-electron chi connectivity index (χ3n) is 2.39. The average molecular weight is 186 g/mol. The maximum absolute atomic E-state index is 11.6. The molecule has 0 aromatic carbocycles. The molecule has 1 aliphatic heterocycles. The molecule has 0 radical (unpaired) electrons. The molecule has 1 fully saturated rings. The third kappa shape index (κ3) is 2.42. The van der Waals surface area contributed by atoms with Gasteiger partial charge in [0.05, 0.1) is 6.10 Å². The number of carbonyl (C=O) groups is 1. The highest BCUT2D eigenvalue weighted by Crippen LogP contribution is 2.09. The van der Waals surface area contributed by atoms with Crippen LogP contribution in [0.5, 0.6) is 0 Å². The fraction of sp³-hybridized carbons (Fsp3) is 0.889. The Labute approximate surface area is 78.9 Å². The number of aliphatic hydroxyl groups is 1. The van der Waals surface area contributed by atoms with Crippen LogP contribution in [0.3, 0.4) is 0 Å². The molecule has 1 saturated heterocycles. The zero-order valence-corrected chi connectivity index (χ0v) is 8.29. The van der Waals surface area contributed by atoms with E-state index in [-0.39, 0.29) is 11.9 Å². The van der Waals surface area contributed by atoms with E-state index in [1.807, 2.05) is 6.92 Å². The summed E-state index contributed by atoms with van der Waals surface area (Å²) in [4.78, 5) is 13.3. The predicted molar refractivity (Wildman–Crippen MR) is 50.3 cm³/mol. The normalized spacial score (nSPS) is 27.6. The average Bonchev–Trinajstić information content (AvgIpc) is 2.50. The molecule has 2 N–H and O–H groups in total. The van der Waals surface area contributed by atoms with Gasteiger partial charge < -0.3 is 15.3 Å². The smallest absolute Gasteiger partial charge is 0.242 e. The summed E-state index contributed by atoms with van der Waals surface area (Å²) in [6.45, 7) is 3.52. The van der Waals surface area contributed by atoms with Crippen molar-refractivity contribution in [3.8, 4) is 0 Å². The van der Waals surface area contributed by atoms with Crippen molar-refractivity contribution in [1.29, 1.82) is 0 Å². The van der Waals surface area contributed by atoms with Gasteiger partial charge in [0.1, 0.15) is 6.04 Å². The Kier molecular flexibility index (Phi) is 3.69. The van der Waals surface area contributed by atoms with Gasteiger partial charge in [0.15, 0.2) is 0 Å². The van der Waals surface area contributed by atoms with Gasteiger partial charge in [-0.25, -0.2) is 0 Å². The van der Waals surface area contributed by atoms with Crippen LogP contribution in [0.2, 0.25) is 0 Å². The number of amides is 1. The van der Waals surface area contributed by atoms with Gasteiger partial charge in [0.25, 0.3) is 0 Å². The molecule has 13 heavy (non-hydrogen) atoms. The largest absolute Gasteiger partial charge is 0.391 e. The van der Waals surface area contributed by atoms with Crippen LogP contribution in [0.1, 0.15) is 19.8 Å². The monoisotopic (exact) mass is 186 g/mol. The van der Waals surface area contributed by atoms with Crippen molar-refractivity contribution in [1.82, 2.24) is 10.2 Å². The zero-order valence-electron chi connectivity index (χ0n) is 8.29. The fourth-order valence-corrected chi connectivity index (χ4v) is 1.62. The fourth-order valence-electron chi connectivity index (χ4n) is 1.62. The van der Waals surface area contributed by atoms with Crippen LogP contribution in [0, 0.1) is 0 Å². The zero-order chi connectivity index (χ0) is 9.84. The van der Waals surface area contributed by atoms with Gasteiger partial charge in [-0.3, -0.25) is 4.79 Å². The lowest BCUT2D eigenvalue weighted by Crippen LogP contribution is -2.46. The molecule has 4 nitrogen and oxygen atoms in total. The molecule has 76 valence electrons. The number of carbonyl (C=O) groups excluding carboxylic acids is 1. The van der Waals surface area contributed by atoms with Gasteiger partial charge in [-0.05, 0) is 19.4 Å².